The maximum Gasteiger partial charge on any atom is 0.337 e. The van der Waals surface area contributed by atoms with Crippen LogP contribution in [0.25, 0.3) is 0 Å². The van der Waals surface area contributed by atoms with Crippen molar-refractivity contribution in [2.24, 2.45) is 5.10 Å². The first-order valence-electron chi connectivity index (χ1n) is 5.42. The van der Waals surface area contributed by atoms with E-state index in [1.807, 2.05) is 0 Å². The van der Waals surface area contributed by atoms with Crippen LogP contribution in [0, 0.1) is 0 Å². The monoisotopic (exact) mass is 262 g/mol. The minimum atomic E-state index is -1.17. The Balaban J connectivity index is 2.16. The lowest BCUT2D eigenvalue weighted by Gasteiger charge is -2.12. The zero-order chi connectivity index (χ0) is 13.8. The number of aromatic nitrogens is 1. The molecule has 8 heteroatoms. The van der Waals surface area contributed by atoms with Crippen LogP contribution in [0.2, 0.25) is 0 Å². The molecule has 2 rings (SSSR count). The number of pyridine rings is 1. The summed E-state index contributed by atoms with van der Waals surface area (Å²) in [5.74, 6) is -1.99. The molecule has 1 aromatic rings. The molecule has 0 spiro atoms. The Kier molecular flexibility index (Phi) is 3.51. The third kappa shape index (κ3) is 2.92. The van der Waals surface area contributed by atoms with E-state index in [-0.39, 0.29) is 35.7 Å². The number of anilines is 1. The summed E-state index contributed by atoms with van der Waals surface area (Å²) in [5.41, 5.74) is 2.35. The van der Waals surface area contributed by atoms with E-state index in [9.17, 15) is 14.4 Å². The predicted molar refractivity (Wildman–Crippen MR) is 64.6 cm³/mol. The van der Waals surface area contributed by atoms with Crippen molar-refractivity contribution in [1.29, 1.82) is 0 Å². The number of carboxylic acids is 1. The van der Waals surface area contributed by atoms with Crippen molar-refractivity contribution in [1.82, 2.24) is 10.4 Å². The van der Waals surface area contributed by atoms with Gasteiger partial charge in [-0.1, -0.05) is 0 Å². The molecule has 1 aliphatic rings. The highest BCUT2D eigenvalue weighted by Crippen LogP contribution is 2.14. The lowest BCUT2D eigenvalue weighted by Crippen LogP contribution is -2.33. The second-order valence-electron chi connectivity index (χ2n) is 3.77. The number of hydrogen-bond acceptors (Lipinski definition) is 5. The molecule has 0 radical (unpaired) electrons. The molecule has 0 aromatic carbocycles. The molecule has 0 fully saturated rings. The Morgan fingerprint density at radius 1 is 1.37 bits per heavy atom. The standard InChI is InChI=1S/C11H10N4O4/c16-9-2-1-7(14-15-9)10(17)13-8-5-12-4-3-6(8)11(18)19/h3-5H,1-2H2,(H,13,17)(H,15,16)(H,18,19). The van der Waals surface area contributed by atoms with Gasteiger partial charge in [0.1, 0.15) is 5.71 Å². The van der Waals surface area contributed by atoms with Crippen molar-refractivity contribution in [3.63, 3.8) is 0 Å². The van der Waals surface area contributed by atoms with Crippen LogP contribution in [0.4, 0.5) is 5.69 Å². The van der Waals surface area contributed by atoms with E-state index in [0.29, 0.717) is 0 Å². The molecule has 2 heterocycles. The molecular formula is C11H10N4O4. The summed E-state index contributed by atoms with van der Waals surface area (Å²) in [5, 5.41) is 15.0. The highest BCUT2D eigenvalue weighted by atomic mass is 16.4. The van der Waals surface area contributed by atoms with E-state index in [0.717, 1.165) is 0 Å². The van der Waals surface area contributed by atoms with Crippen LogP contribution in [0.15, 0.2) is 23.6 Å². The highest BCUT2D eigenvalue weighted by Gasteiger charge is 2.20. The SMILES string of the molecule is O=C1CCC(C(=O)Nc2cnccc2C(=O)O)=NN1. The van der Waals surface area contributed by atoms with Gasteiger partial charge in [-0.25, -0.2) is 10.2 Å². The zero-order valence-corrected chi connectivity index (χ0v) is 9.71. The molecule has 0 atom stereocenters. The van der Waals surface area contributed by atoms with E-state index in [1.165, 1.54) is 18.5 Å². The van der Waals surface area contributed by atoms with Crippen molar-refractivity contribution < 1.29 is 19.5 Å². The van der Waals surface area contributed by atoms with Crippen molar-refractivity contribution in [2.75, 3.05) is 5.32 Å². The molecule has 0 saturated heterocycles. The van der Waals surface area contributed by atoms with Crippen molar-refractivity contribution >= 4 is 29.2 Å². The largest absolute Gasteiger partial charge is 0.478 e. The zero-order valence-electron chi connectivity index (χ0n) is 9.71. The third-order valence-electron chi connectivity index (χ3n) is 2.47. The molecule has 0 unspecified atom stereocenters. The number of hydrazone groups is 1. The van der Waals surface area contributed by atoms with Gasteiger partial charge in [-0.3, -0.25) is 14.6 Å². The lowest BCUT2D eigenvalue weighted by molar-refractivity contribution is -0.121. The second-order valence-corrected chi connectivity index (χ2v) is 3.77. The summed E-state index contributed by atoms with van der Waals surface area (Å²) in [6.45, 7) is 0. The number of nitrogens with one attached hydrogen (secondary N) is 2. The lowest BCUT2D eigenvalue weighted by atomic mass is 10.1. The summed E-state index contributed by atoms with van der Waals surface area (Å²) in [6.07, 6.45) is 2.94. The van der Waals surface area contributed by atoms with Crippen LogP contribution in [0.1, 0.15) is 23.2 Å². The van der Waals surface area contributed by atoms with E-state index >= 15 is 0 Å². The molecular weight excluding hydrogens is 252 g/mol. The molecule has 98 valence electrons. The minimum absolute atomic E-state index is 0.0659. The summed E-state index contributed by atoms with van der Waals surface area (Å²) < 4.78 is 0. The van der Waals surface area contributed by atoms with Gasteiger partial charge in [-0.2, -0.15) is 5.10 Å². The topological polar surface area (TPSA) is 121 Å². The van der Waals surface area contributed by atoms with Crippen molar-refractivity contribution in [3.05, 3.63) is 24.0 Å². The number of nitrogens with zero attached hydrogens (tertiary/aromatic N) is 2. The summed E-state index contributed by atoms with van der Waals surface area (Å²) in [6, 6.07) is 1.28. The van der Waals surface area contributed by atoms with E-state index in [2.05, 4.69) is 20.8 Å². The van der Waals surface area contributed by atoms with Gasteiger partial charge in [0, 0.05) is 19.0 Å². The first kappa shape index (κ1) is 12.7. The number of carbonyl (C=O) groups is 3. The van der Waals surface area contributed by atoms with Gasteiger partial charge in [0.25, 0.3) is 5.91 Å². The number of hydrogen-bond donors (Lipinski definition) is 3. The number of amides is 2. The fourth-order valence-electron chi connectivity index (χ4n) is 1.51. The average Bonchev–Trinajstić information content (AvgIpc) is 2.39. The number of carbonyl (C=O) groups excluding carboxylic acids is 2. The quantitative estimate of drug-likeness (QED) is 0.707. The van der Waals surface area contributed by atoms with Crippen molar-refractivity contribution in [2.45, 2.75) is 12.8 Å². The Hall–Kier alpha value is -2.77. The van der Waals surface area contributed by atoms with Gasteiger partial charge in [-0.05, 0) is 6.07 Å². The molecule has 0 saturated carbocycles. The Labute approximate surface area is 107 Å². The van der Waals surface area contributed by atoms with Crippen LogP contribution in [-0.4, -0.2) is 33.6 Å². The maximum atomic E-state index is 11.8. The van der Waals surface area contributed by atoms with E-state index in [4.69, 9.17) is 5.11 Å². The molecule has 2 amide bonds. The molecule has 19 heavy (non-hydrogen) atoms. The normalized spacial score (nSPS) is 14.3. The highest BCUT2D eigenvalue weighted by molar-refractivity contribution is 6.43. The molecule has 8 nitrogen and oxygen atoms in total. The van der Waals surface area contributed by atoms with Crippen LogP contribution < -0.4 is 10.7 Å². The number of carboxylic acid groups (broad SMARTS) is 1. The van der Waals surface area contributed by atoms with Gasteiger partial charge >= 0.3 is 5.97 Å². The molecule has 0 aliphatic carbocycles. The first-order chi connectivity index (χ1) is 9.08. The van der Waals surface area contributed by atoms with Gasteiger partial charge in [0.05, 0.1) is 17.4 Å². The number of aromatic carboxylic acids is 1. The molecule has 1 aliphatic heterocycles. The van der Waals surface area contributed by atoms with E-state index in [1.54, 1.807) is 0 Å². The Morgan fingerprint density at radius 2 is 2.16 bits per heavy atom. The molecule has 3 N–H and O–H groups in total. The first-order valence-corrected chi connectivity index (χ1v) is 5.42. The van der Waals surface area contributed by atoms with Crippen molar-refractivity contribution in [3.8, 4) is 0 Å². The average molecular weight is 262 g/mol. The Bertz CT molecular complexity index is 582. The minimum Gasteiger partial charge on any atom is -0.478 e. The van der Waals surface area contributed by atoms with Crippen LogP contribution in [0.3, 0.4) is 0 Å². The van der Waals surface area contributed by atoms with Crippen LogP contribution in [0.5, 0.6) is 0 Å². The second kappa shape index (κ2) is 5.25. The fraction of sp³-hybridized carbons (Fsp3) is 0.182. The smallest absolute Gasteiger partial charge is 0.337 e. The van der Waals surface area contributed by atoms with Crippen LogP contribution >= 0.6 is 0 Å². The summed E-state index contributed by atoms with van der Waals surface area (Å²) in [4.78, 5) is 37.4. The predicted octanol–water partition coefficient (Wildman–Crippen LogP) is -0.0157. The number of rotatable bonds is 3. The van der Waals surface area contributed by atoms with Gasteiger partial charge in [0.15, 0.2) is 0 Å². The van der Waals surface area contributed by atoms with Crippen LogP contribution in [-0.2, 0) is 9.59 Å². The Morgan fingerprint density at radius 3 is 2.79 bits per heavy atom. The van der Waals surface area contributed by atoms with Gasteiger partial charge in [0.2, 0.25) is 5.91 Å². The maximum absolute atomic E-state index is 11.8. The molecule has 0 bridgehead atoms. The summed E-state index contributed by atoms with van der Waals surface area (Å²) >= 11 is 0. The summed E-state index contributed by atoms with van der Waals surface area (Å²) in [7, 11) is 0. The fourth-order valence-corrected chi connectivity index (χ4v) is 1.51. The van der Waals surface area contributed by atoms with Gasteiger partial charge in [-0.15, -0.1) is 0 Å². The third-order valence-corrected chi connectivity index (χ3v) is 2.47. The van der Waals surface area contributed by atoms with Gasteiger partial charge < -0.3 is 10.4 Å². The molecule has 1 aromatic heterocycles. The van der Waals surface area contributed by atoms with E-state index < -0.39 is 11.9 Å².